The molecule has 0 bridgehead atoms. The van der Waals surface area contributed by atoms with Crippen molar-refractivity contribution >= 4 is 29.2 Å². The topological polar surface area (TPSA) is 44.1 Å². The summed E-state index contributed by atoms with van der Waals surface area (Å²) in [4.78, 5) is 17.0. The molecule has 0 aliphatic heterocycles. The number of ether oxygens (including phenoxy) is 1. The van der Waals surface area contributed by atoms with E-state index < -0.39 is 17.7 Å². The fourth-order valence-corrected chi connectivity index (χ4v) is 4.94. The quantitative estimate of drug-likeness (QED) is 0.176. The van der Waals surface area contributed by atoms with Crippen molar-refractivity contribution in [1.82, 2.24) is 9.55 Å². The van der Waals surface area contributed by atoms with E-state index in [4.69, 9.17) is 32.9 Å². The number of benzene rings is 4. The van der Waals surface area contributed by atoms with Crippen molar-refractivity contribution in [2.45, 2.75) is 19.5 Å². The van der Waals surface area contributed by atoms with Crippen molar-refractivity contribution in [2.75, 3.05) is 6.61 Å². The fourth-order valence-electron chi connectivity index (χ4n) is 4.44. The molecule has 41 heavy (non-hydrogen) atoms. The Kier molecular flexibility index (Phi) is 8.20. The molecule has 0 aliphatic carbocycles. The molecular formula is C32H23Cl2F3N2O2. The molecule has 0 amide bonds. The summed E-state index contributed by atoms with van der Waals surface area (Å²) in [5.41, 5.74) is 3.92. The van der Waals surface area contributed by atoms with Crippen LogP contribution in [0.3, 0.4) is 0 Å². The highest BCUT2D eigenvalue weighted by Gasteiger charge is 2.30. The van der Waals surface area contributed by atoms with Crippen LogP contribution in [0.4, 0.5) is 13.2 Å². The number of hydrogen-bond donors (Lipinski definition) is 0. The van der Waals surface area contributed by atoms with Crippen LogP contribution in [0.1, 0.15) is 34.2 Å². The third-order valence-electron chi connectivity index (χ3n) is 6.48. The van der Waals surface area contributed by atoms with Gasteiger partial charge in [0, 0.05) is 28.9 Å². The average Bonchev–Trinajstić information content (AvgIpc) is 3.36. The van der Waals surface area contributed by atoms with Crippen LogP contribution in [0.25, 0.3) is 28.1 Å². The minimum absolute atomic E-state index is 0.282. The number of nitrogens with zero attached hydrogens (tertiary/aromatic N) is 2. The van der Waals surface area contributed by atoms with Crippen LogP contribution in [0.15, 0.2) is 97.2 Å². The second-order valence-corrected chi connectivity index (χ2v) is 10.1. The molecule has 0 saturated carbocycles. The normalized spacial score (nSPS) is 11.5. The number of hydrogen-bond acceptors (Lipinski definition) is 3. The molecule has 4 nitrogen and oxygen atoms in total. The Bertz CT molecular complexity index is 1700. The summed E-state index contributed by atoms with van der Waals surface area (Å²) < 4.78 is 46.6. The summed E-state index contributed by atoms with van der Waals surface area (Å²) in [7, 11) is 0. The van der Waals surface area contributed by atoms with E-state index in [-0.39, 0.29) is 6.61 Å². The summed E-state index contributed by atoms with van der Waals surface area (Å²) in [6.07, 6.45) is -2.12. The lowest BCUT2D eigenvalue weighted by molar-refractivity contribution is -0.137. The van der Waals surface area contributed by atoms with Gasteiger partial charge in [0.05, 0.1) is 28.5 Å². The minimum Gasteiger partial charge on any atom is -0.462 e. The lowest BCUT2D eigenvalue weighted by atomic mass is 10.0. The van der Waals surface area contributed by atoms with E-state index in [2.05, 4.69) is 0 Å². The van der Waals surface area contributed by atoms with Crippen molar-refractivity contribution in [3.63, 3.8) is 0 Å². The van der Waals surface area contributed by atoms with E-state index in [9.17, 15) is 18.0 Å². The minimum atomic E-state index is -4.41. The second-order valence-electron chi connectivity index (χ2n) is 9.26. The highest BCUT2D eigenvalue weighted by molar-refractivity contribution is 6.36. The van der Waals surface area contributed by atoms with Crippen LogP contribution in [0, 0.1) is 0 Å². The number of aromatic nitrogens is 2. The van der Waals surface area contributed by atoms with Gasteiger partial charge in [0.25, 0.3) is 0 Å². The molecule has 0 spiro atoms. The molecule has 0 unspecified atom stereocenters. The van der Waals surface area contributed by atoms with Crippen LogP contribution in [-0.4, -0.2) is 22.1 Å². The van der Waals surface area contributed by atoms with Gasteiger partial charge in [0.1, 0.15) is 5.82 Å². The van der Waals surface area contributed by atoms with Crippen molar-refractivity contribution in [3.8, 4) is 28.1 Å². The van der Waals surface area contributed by atoms with Crippen molar-refractivity contribution < 1.29 is 22.7 Å². The van der Waals surface area contributed by atoms with Crippen molar-refractivity contribution in [3.05, 3.63) is 130 Å². The molecule has 0 atom stereocenters. The summed E-state index contributed by atoms with van der Waals surface area (Å²) in [5, 5.41) is 0.964. The van der Waals surface area contributed by atoms with E-state index in [0.717, 1.165) is 23.4 Å². The molecule has 208 valence electrons. The zero-order chi connectivity index (χ0) is 29.1. The van der Waals surface area contributed by atoms with Gasteiger partial charge in [-0.3, -0.25) is 0 Å². The predicted octanol–water partition coefficient (Wildman–Crippen LogP) is 9.30. The third-order valence-corrected chi connectivity index (χ3v) is 7.03. The second kappa shape index (κ2) is 11.8. The first-order chi connectivity index (χ1) is 19.6. The monoisotopic (exact) mass is 594 g/mol. The molecule has 5 aromatic rings. The maximum Gasteiger partial charge on any atom is 0.416 e. The SMILES string of the molecule is CCOC(=O)c1ccc(-n2cc(-c3ccc(Cl)cc3Cl)nc2Cc2ccc(-c3cccc(C(F)(F)F)c3)cc2)cc1. The van der Waals surface area contributed by atoms with E-state index in [0.29, 0.717) is 50.2 Å². The van der Waals surface area contributed by atoms with Crippen LogP contribution < -0.4 is 0 Å². The van der Waals surface area contributed by atoms with Gasteiger partial charge >= 0.3 is 12.1 Å². The van der Waals surface area contributed by atoms with Gasteiger partial charge in [-0.05, 0) is 78.2 Å². The zero-order valence-electron chi connectivity index (χ0n) is 21.8. The number of halogens is 5. The molecule has 0 radical (unpaired) electrons. The molecule has 5 rings (SSSR count). The Morgan fingerprint density at radius 3 is 2.29 bits per heavy atom. The number of imidazole rings is 1. The Morgan fingerprint density at radius 2 is 1.63 bits per heavy atom. The Morgan fingerprint density at radius 1 is 0.902 bits per heavy atom. The molecule has 0 fully saturated rings. The van der Waals surface area contributed by atoms with Gasteiger partial charge in [-0.15, -0.1) is 0 Å². The Labute approximate surface area is 245 Å². The van der Waals surface area contributed by atoms with Gasteiger partial charge in [-0.1, -0.05) is 59.6 Å². The summed E-state index contributed by atoms with van der Waals surface area (Å²) in [6, 6.07) is 24.8. The van der Waals surface area contributed by atoms with Crippen molar-refractivity contribution in [1.29, 1.82) is 0 Å². The van der Waals surface area contributed by atoms with Crippen LogP contribution in [0.5, 0.6) is 0 Å². The first-order valence-corrected chi connectivity index (χ1v) is 13.5. The Hall–Kier alpha value is -4.07. The van der Waals surface area contributed by atoms with Gasteiger partial charge < -0.3 is 9.30 Å². The van der Waals surface area contributed by atoms with Gasteiger partial charge in [-0.2, -0.15) is 13.2 Å². The van der Waals surface area contributed by atoms with Crippen LogP contribution in [-0.2, 0) is 17.3 Å². The van der Waals surface area contributed by atoms with E-state index in [1.165, 1.54) is 6.07 Å². The molecule has 0 saturated heterocycles. The summed E-state index contributed by atoms with van der Waals surface area (Å²) >= 11 is 12.6. The van der Waals surface area contributed by atoms with Gasteiger partial charge in [-0.25, -0.2) is 9.78 Å². The standard InChI is InChI=1S/C32H23Cl2F3N2O2/c1-2-41-31(40)22-10-13-26(14-11-22)39-19-29(27-15-12-25(33)18-28(27)34)38-30(39)16-20-6-8-21(9-7-20)23-4-3-5-24(17-23)32(35,36)37/h3-15,17-19H,2,16H2,1H3. The molecule has 1 heterocycles. The summed E-state index contributed by atoms with van der Waals surface area (Å²) in [6.45, 7) is 2.03. The van der Waals surface area contributed by atoms with E-state index in [1.54, 1.807) is 67.6 Å². The van der Waals surface area contributed by atoms with E-state index in [1.807, 2.05) is 22.9 Å². The molecule has 1 aromatic heterocycles. The summed E-state index contributed by atoms with van der Waals surface area (Å²) in [5.74, 6) is 0.293. The zero-order valence-corrected chi connectivity index (χ0v) is 23.3. The molecule has 4 aromatic carbocycles. The molecule has 0 aliphatic rings. The number of rotatable bonds is 7. The smallest absolute Gasteiger partial charge is 0.416 e. The molecule has 9 heteroatoms. The first kappa shape index (κ1) is 28.5. The van der Waals surface area contributed by atoms with E-state index >= 15 is 0 Å². The highest BCUT2D eigenvalue weighted by Crippen LogP contribution is 2.33. The molecular weight excluding hydrogens is 572 g/mol. The third kappa shape index (κ3) is 6.47. The van der Waals surface area contributed by atoms with Crippen molar-refractivity contribution in [2.24, 2.45) is 0 Å². The number of esters is 1. The maximum absolute atomic E-state index is 13.2. The fraction of sp³-hybridized carbons (Fsp3) is 0.125. The van der Waals surface area contributed by atoms with Crippen LogP contribution >= 0.6 is 23.2 Å². The number of carbonyl (C=O) groups excluding carboxylic acids is 1. The number of alkyl halides is 3. The lowest BCUT2D eigenvalue weighted by Crippen LogP contribution is -2.06. The maximum atomic E-state index is 13.2. The molecule has 0 N–H and O–H groups in total. The Balaban J connectivity index is 1.49. The largest absolute Gasteiger partial charge is 0.462 e. The average molecular weight is 595 g/mol. The van der Waals surface area contributed by atoms with Gasteiger partial charge in [0.15, 0.2) is 0 Å². The lowest BCUT2D eigenvalue weighted by Gasteiger charge is -2.11. The first-order valence-electron chi connectivity index (χ1n) is 12.7. The number of carbonyl (C=O) groups is 1. The highest BCUT2D eigenvalue weighted by atomic mass is 35.5. The van der Waals surface area contributed by atoms with Gasteiger partial charge in [0.2, 0.25) is 0 Å². The van der Waals surface area contributed by atoms with Crippen LogP contribution in [0.2, 0.25) is 10.0 Å². The predicted molar refractivity (Wildman–Crippen MR) is 155 cm³/mol.